The molecule has 1 rings (SSSR count). The quantitative estimate of drug-likeness (QED) is 0.803. The Morgan fingerprint density at radius 3 is 2.44 bits per heavy atom. The highest BCUT2D eigenvalue weighted by atomic mass is 19.1. The number of aryl methyl sites for hydroxylation is 1. The minimum Gasteiger partial charge on any atom is -0.324 e. The topological polar surface area (TPSA) is 26.0 Å². The Morgan fingerprint density at radius 1 is 1.25 bits per heavy atom. The van der Waals surface area contributed by atoms with Gasteiger partial charge in [-0.15, -0.1) is 0 Å². The SMILES string of the molecule is CCC(CC)CC(N)c1cc(F)ccc1C. The second-order valence-electron chi connectivity index (χ2n) is 4.53. The van der Waals surface area contributed by atoms with Gasteiger partial charge < -0.3 is 5.73 Å². The van der Waals surface area contributed by atoms with Crippen LogP contribution >= 0.6 is 0 Å². The second kappa shape index (κ2) is 6.00. The van der Waals surface area contributed by atoms with Crippen molar-refractivity contribution in [2.75, 3.05) is 0 Å². The standard InChI is InChI=1S/C14H22FN/c1-4-11(5-2)8-14(16)13-9-12(15)7-6-10(13)3/h6-7,9,11,14H,4-5,8,16H2,1-3H3. The maximum Gasteiger partial charge on any atom is 0.123 e. The molecule has 0 saturated heterocycles. The number of nitrogens with two attached hydrogens (primary N) is 1. The minimum atomic E-state index is -0.194. The normalized spacial score (nSPS) is 13.1. The first-order valence-corrected chi connectivity index (χ1v) is 6.10. The van der Waals surface area contributed by atoms with E-state index in [-0.39, 0.29) is 11.9 Å². The molecule has 1 aromatic carbocycles. The summed E-state index contributed by atoms with van der Waals surface area (Å²) in [5.41, 5.74) is 8.18. The van der Waals surface area contributed by atoms with E-state index >= 15 is 0 Å². The van der Waals surface area contributed by atoms with Gasteiger partial charge in [-0.2, -0.15) is 0 Å². The molecule has 0 radical (unpaired) electrons. The maximum absolute atomic E-state index is 13.2. The molecule has 0 bridgehead atoms. The molecular weight excluding hydrogens is 201 g/mol. The molecule has 2 N–H and O–H groups in total. The number of rotatable bonds is 5. The Kier molecular flexibility index (Phi) is 4.94. The lowest BCUT2D eigenvalue weighted by Crippen LogP contribution is -2.16. The zero-order valence-electron chi connectivity index (χ0n) is 10.5. The molecule has 90 valence electrons. The number of hydrogen-bond donors (Lipinski definition) is 1. The Balaban J connectivity index is 2.79. The van der Waals surface area contributed by atoms with Crippen LogP contribution in [0.2, 0.25) is 0 Å². The predicted octanol–water partition coefficient (Wildman–Crippen LogP) is 3.96. The average molecular weight is 223 g/mol. The Hall–Kier alpha value is -0.890. The summed E-state index contributed by atoms with van der Waals surface area (Å²) < 4.78 is 13.2. The summed E-state index contributed by atoms with van der Waals surface area (Å²) in [5, 5.41) is 0. The molecule has 0 fully saturated rings. The molecule has 0 aliphatic heterocycles. The van der Waals surface area contributed by atoms with Crippen LogP contribution in [0.25, 0.3) is 0 Å². The molecule has 0 aromatic heterocycles. The van der Waals surface area contributed by atoms with Crippen molar-refractivity contribution in [3.05, 3.63) is 35.1 Å². The van der Waals surface area contributed by atoms with Crippen molar-refractivity contribution in [3.63, 3.8) is 0 Å². The summed E-state index contributed by atoms with van der Waals surface area (Å²) >= 11 is 0. The molecule has 16 heavy (non-hydrogen) atoms. The molecule has 1 nitrogen and oxygen atoms in total. The van der Waals surface area contributed by atoms with Crippen LogP contribution in [0.5, 0.6) is 0 Å². The van der Waals surface area contributed by atoms with Gasteiger partial charge in [-0.05, 0) is 42.5 Å². The second-order valence-corrected chi connectivity index (χ2v) is 4.53. The first-order valence-electron chi connectivity index (χ1n) is 6.10. The van der Waals surface area contributed by atoms with Gasteiger partial charge in [-0.3, -0.25) is 0 Å². The van der Waals surface area contributed by atoms with Gasteiger partial charge in [0.25, 0.3) is 0 Å². The zero-order chi connectivity index (χ0) is 12.1. The van der Waals surface area contributed by atoms with Crippen molar-refractivity contribution >= 4 is 0 Å². The summed E-state index contributed by atoms with van der Waals surface area (Å²) in [4.78, 5) is 0. The third kappa shape index (κ3) is 3.31. The zero-order valence-corrected chi connectivity index (χ0v) is 10.5. The summed E-state index contributed by atoms with van der Waals surface area (Å²) in [6, 6.07) is 4.82. The van der Waals surface area contributed by atoms with E-state index in [1.807, 2.05) is 6.92 Å². The van der Waals surface area contributed by atoms with Crippen molar-refractivity contribution in [1.29, 1.82) is 0 Å². The predicted molar refractivity (Wildman–Crippen MR) is 66.8 cm³/mol. The molecule has 0 heterocycles. The average Bonchev–Trinajstić information content (AvgIpc) is 2.28. The monoisotopic (exact) mass is 223 g/mol. The largest absolute Gasteiger partial charge is 0.324 e. The van der Waals surface area contributed by atoms with E-state index in [4.69, 9.17) is 5.73 Å². The van der Waals surface area contributed by atoms with Crippen LogP contribution in [0.15, 0.2) is 18.2 Å². The van der Waals surface area contributed by atoms with Crippen LogP contribution in [-0.4, -0.2) is 0 Å². The summed E-state index contributed by atoms with van der Waals surface area (Å²) in [6.45, 7) is 6.35. The molecule has 1 unspecified atom stereocenters. The highest BCUT2D eigenvalue weighted by Crippen LogP contribution is 2.25. The van der Waals surface area contributed by atoms with Gasteiger partial charge in [0.05, 0.1) is 0 Å². The molecule has 0 aliphatic carbocycles. The van der Waals surface area contributed by atoms with E-state index in [1.165, 1.54) is 6.07 Å². The Labute approximate surface area is 97.9 Å². The van der Waals surface area contributed by atoms with Gasteiger partial charge in [0.15, 0.2) is 0 Å². The fraction of sp³-hybridized carbons (Fsp3) is 0.571. The molecule has 0 spiro atoms. The number of benzene rings is 1. The van der Waals surface area contributed by atoms with E-state index in [1.54, 1.807) is 12.1 Å². The van der Waals surface area contributed by atoms with Crippen LogP contribution < -0.4 is 5.73 Å². The molecular formula is C14H22FN. The molecule has 1 aromatic rings. The highest BCUT2D eigenvalue weighted by Gasteiger charge is 2.14. The molecule has 0 amide bonds. The van der Waals surface area contributed by atoms with Crippen molar-refractivity contribution in [2.24, 2.45) is 11.7 Å². The first kappa shape index (κ1) is 13.2. The lowest BCUT2D eigenvalue weighted by atomic mass is 9.90. The first-order chi connectivity index (χ1) is 7.58. The van der Waals surface area contributed by atoms with E-state index in [9.17, 15) is 4.39 Å². The highest BCUT2D eigenvalue weighted by molar-refractivity contribution is 5.29. The van der Waals surface area contributed by atoms with Gasteiger partial charge in [-0.25, -0.2) is 4.39 Å². The van der Waals surface area contributed by atoms with Gasteiger partial charge in [-0.1, -0.05) is 32.8 Å². The molecule has 0 saturated carbocycles. The van der Waals surface area contributed by atoms with Crippen molar-refractivity contribution < 1.29 is 4.39 Å². The van der Waals surface area contributed by atoms with Crippen LogP contribution in [0.4, 0.5) is 4.39 Å². The van der Waals surface area contributed by atoms with Crippen molar-refractivity contribution in [1.82, 2.24) is 0 Å². The third-order valence-electron chi connectivity index (χ3n) is 3.38. The number of hydrogen-bond acceptors (Lipinski definition) is 1. The Morgan fingerprint density at radius 2 is 1.88 bits per heavy atom. The van der Waals surface area contributed by atoms with Gasteiger partial charge >= 0.3 is 0 Å². The maximum atomic E-state index is 13.2. The van der Waals surface area contributed by atoms with E-state index in [0.29, 0.717) is 5.92 Å². The van der Waals surface area contributed by atoms with Crippen molar-refractivity contribution in [3.8, 4) is 0 Å². The van der Waals surface area contributed by atoms with Crippen LogP contribution in [0, 0.1) is 18.7 Å². The molecule has 0 aliphatic rings. The molecule has 2 heteroatoms. The van der Waals surface area contributed by atoms with Crippen LogP contribution in [0.3, 0.4) is 0 Å². The summed E-state index contributed by atoms with van der Waals surface area (Å²) in [5.74, 6) is 0.443. The van der Waals surface area contributed by atoms with Crippen molar-refractivity contribution in [2.45, 2.75) is 46.1 Å². The van der Waals surface area contributed by atoms with Gasteiger partial charge in [0, 0.05) is 6.04 Å². The van der Waals surface area contributed by atoms with Gasteiger partial charge in [0.2, 0.25) is 0 Å². The number of halogens is 1. The van der Waals surface area contributed by atoms with Crippen LogP contribution in [0.1, 0.15) is 50.3 Å². The summed E-state index contributed by atoms with van der Waals surface area (Å²) in [7, 11) is 0. The fourth-order valence-corrected chi connectivity index (χ4v) is 2.12. The molecule has 1 atom stereocenters. The minimum absolute atomic E-state index is 0.0411. The smallest absolute Gasteiger partial charge is 0.123 e. The van der Waals surface area contributed by atoms with Gasteiger partial charge in [0.1, 0.15) is 5.82 Å². The van der Waals surface area contributed by atoms with E-state index < -0.39 is 0 Å². The van der Waals surface area contributed by atoms with Crippen LogP contribution in [-0.2, 0) is 0 Å². The summed E-state index contributed by atoms with van der Waals surface area (Å²) in [6.07, 6.45) is 3.22. The van der Waals surface area contributed by atoms with E-state index in [0.717, 1.165) is 30.4 Å². The lowest BCUT2D eigenvalue weighted by molar-refractivity contribution is 0.413. The lowest BCUT2D eigenvalue weighted by Gasteiger charge is -2.20. The third-order valence-corrected chi connectivity index (χ3v) is 3.38. The van der Waals surface area contributed by atoms with E-state index in [2.05, 4.69) is 13.8 Å². The fourth-order valence-electron chi connectivity index (χ4n) is 2.12. The Bertz CT molecular complexity index is 332.